The zero-order chi connectivity index (χ0) is 20.0. The molecule has 1 fully saturated rings. The fourth-order valence-electron chi connectivity index (χ4n) is 2.96. The lowest BCUT2D eigenvalue weighted by molar-refractivity contribution is -0.192. The summed E-state index contributed by atoms with van der Waals surface area (Å²) >= 11 is 1.84. The molecule has 27 heavy (non-hydrogen) atoms. The Balaban J connectivity index is 0.000000321. The smallest absolute Gasteiger partial charge is 0.475 e. The molecule has 0 amide bonds. The third-order valence-electron chi connectivity index (χ3n) is 4.29. The summed E-state index contributed by atoms with van der Waals surface area (Å²) in [6, 6.07) is 13.5. The molecule has 0 bridgehead atoms. The van der Waals surface area contributed by atoms with Crippen molar-refractivity contribution >= 4 is 17.3 Å². The fraction of sp³-hybridized carbons (Fsp3) is 0.421. The number of halogens is 3. The van der Waals surface area contributed by atoms with Gasteiger partial charge in [-0.2, -0.15) is 13.2 Å². The molecule has 1 aliphatic heterocycles. The van der Waals surface area contributed by atoms with E-state index in [0.29, 0.717) is 6.04 Å². The lowest BCUT2D eigenvalue weighted by Crippen LogP contribution is -2.31. The van der Waals surface area contributed by atoms with Crippen molar-refractivity contribution < 1.29 is 28.2 Å². The summed E-state index contributed by atoms with van der Waals surface area (Å²) in [5.41, 5.74) is 2.65. The third kappa shape index (κ3) is 6.34. The average molecular weight is 401 g/mol. The van der Waals surface area contributed by atoms with Gasteiger partial charge in [-0.25, -0.2) is 4.79 Å². The largest absolute Gasteiger partial charge is 0.490 e. The number of rotatable bonds is 4. The van der Waals surface area contributed by atoms with Gasteiger partial charge in [0, 0.05) is 22.3 Å². The van der Waals surface area contributed by atoms with Crippen molar-refractivity contribution in [1.29, 1.82) is 0 Å². The molecule has 2 heterocycles. The highest BCUT2D eigenvalue weighted by Gasteiger charge is 2.38. The van der Waals surface area contributed by atoms with Gasteiger partial charge in [0.2, 0.25) is 0 Å². The normalized spacial score (nSPS) is 17.4. The molecule has 0 radical (unpaired) electrons. The summed E-state index contributed by atoms with van der Waals surface area (Å²) in [6.45, 7) is 4.48. The van der Waals surface area contributed by atoms with Crippen molar-refractivity contribution in [3.8, 4) is 10.4 Å². The molecule has 2 aromatic rings. The predicted molar refractivity (Wildman–Crippen MR) is 98.7 cm³/mol. The van der Waals surface area contributed by atoms with Gasteiger partial charge in [-0.15, -0.1) is 11.3 Å². The fourth-order valence-corrected chi connectivity index (χ4v) is 3.82. The van der Waals surface area contributed by atoms with Gasteiger partial charge in [0.25, 0.3) is 0 Å². The number of carbonyl (C=O) groups is 1. The average Bonchev–Trinajstić information content (AvgIpc) is 3.23. The van der Waals surface area contributed by atoms with E-state index in [1.54, 1.807) is 0 Å². The van der Waals surface area contributed by atoms with E-state index in [-0.39, 0.29) is 6.61 Å². The van der Waals surface area contributed by atoms with Gasteiger partial charge in [0.15, 0.2) is 0 Å². The minimum Gasteiger partial charge on any atom is -0.475 e. The first-order chi connectivity index (χ1) is 12.7. The van der Waals surface area contributed by atoms with Gasteiger partial charge in [-0.1, -0.05) is 18.2 Å². The van der Waals surface area contributed by atoms with Crippen molar-refractivity contribution in [3.63, 3.8) is 0 Å². The molecule has 1 aliphatic rings. The monoisotopic (exact) mass is 401 g/mol. The third-order valence-corrected chi connectivity index (χ3v) is 5.34. The molecule has 2 N–H and O–H groups in total. The zero-order valence-electron chi connectivity index (χ0n) is 14.9. The van der Waals surface area contributed by atoms with Crippen molar-refractivity contribution in [1.82, 2.24) is 4.90 Å². The maximum atomic E-state index is 10.6. The van der Waals surface area contributed by atoms with Crippen LogP contribution in [-0.4, -0.2) is 46.5 Å². The summed E-state index contributed by atoms with van der Waals surface area (Å²) in [7, 11) is 0. The maximum Gasteiger partial charge on any atom is 0.490 e. The van der Waals surface area contributed by atoms with Gasteiger partial charge in [-0.3, -0.25) is 4.90 Å². The number of alkyl halides is 3. The molecule has 0 unspecified atom stereocenters. The maximum absolute atomic E-state index is 10.6. The highest BCUT2D eigenvalue weighted by molar-refractivity contribution is 7.15. The van der Waals surface area contributed by atoms with E-state index in [4.69, 9.17) is 9.90 Å². The quantitative estimate of drug-likeness (QED) is 0.801. The summed E-state index contributed by atoms with van der Waals surface area (Å²) in [5, 5.41) is 16.5. The molecule has 1 aromatic carbocycles. The van der Waals surface area contributed by atoms with Gasteiger partial charge in [0.1, 0.15) is 0 Å². The molecule has 4 nitrogen and oxygen atoms in total. The molecule has 148 valence electrons. The number of aliphatic hydroxyl groups excluding tert-OH is 1. The van der Waals surface area contributed by atoms with Crippen LogP contribution in [0.5, 0.6) is 0 Å². The van der Waals surface area contributed by atoms with Crippen LogP contribution < -0.4 is 0 Å². The number of likely N-dealkylation sites (tertiary alicyclic amines) is 1. The van der Waals surface area contributed by atoms with E-state index in [0.717, 1.165) is 19.5 Å². The van der Waals surface area contributed by atoms with Gasteiger partial charge < -0.3 is 10.2 Å². The first-order valence-electron chi connectivity index (χ1n) is 8.51. The number of aryl methyl sites for hydroxylation is 1. The van der Waals surface area contributed by atoms with E-state index in [2.05, 4.69) is 48.2 Å². The molecule has 0 aliphatic carbocycles. The van der Waals surface area contributed by atoms with Crippen molar-refractivity contribution in [2.45, 2.75) is 38.5 Å². The standard InChI is InChI=1S/C17H21NOS.C2HF3O2/c1-13-7-8-17(20-13)15-5-2-4-14(10-15)11-18-9-3-6-16(18)12-19;3-2(4,5)1(6)7/h2,4-5,7-8,10,16,19H,3,6,9,11-12H2,1H3;(H,6,7)/t16-;/m0./s1. The van der Waals surface area contributed by atoms with Crippen LogP contribution in [-0.2, 0) is 11.3 Å². The predicted octanol–water partition coefficient (Wildman–Crippen LogP) is 4.31. The first-order valence-corrected chi connectivity index (χ1v) is 9.33. The number of hydrogen-bond donors (Lipinski definition) is 2. The Kier molecular flexibility index (Phi) is 7.41. The number of aliphatic carboxylic acids is 1. The van der Waals surface area contributed by atoms with Crippen LogP contribution in [0.25, 0.3) is 10.4 Å². The van der Waals surface area contributed by atoms with Crippen molar-refractivity contribution in [2.24, 2.45) is 0 Å². The van der Waals surface area contributed by atoms with Crippen molar-refractivity contribution in [2.75, 3.05) is 13.2 Å². The Hall–Kier alpha value is -1.90. The van der Waals surface area contributed by atoms with Crippen LogP contribution in [0.1, 0.15) is 23.3 Å². The van der Waals surface area contributed by atoms with E-state index in [9.17, 15) is 18.3 Å². The minimum absolute atomic E-state index is 0.282. The van der Waals surface area contributed by atoms with Crippen molar-refractivity contribution in [3.05, 3.63) is 46.8 Å². The van der Waals surface area contributed by atoms with Crippen LogP contribution in [0, 0.1) is 6.92 Å². The number of carboxylic acid groups (broad SMARTS) is 1. The molecule has 3 rings (SSSR count). The van der Waals surface area contributed by atoms with Gasteiger partial charge in [0.05, 0.1) is 6.61 Å². The molecule has 0 saturated carbocycles. The number of thiophene rings is 1. The van der Waals surface area contributed by atoms with Crippen LogP contribution in [0.4, 0.5) is 13.2 Å². The SMILES string of the molecule is Cc1ccc(-c2cccc(CN3CCC[C@H]3CO)c2)s1.O=C(O)C(F)(F)F. The number of aliphatic hydroxyl groups is 1. The summed E-state index contributed by atoms with van der Waals surface area (Å²) in [6.07, 6.45) is -2.75. The second-order valence-electron chi connectivity index (χ2n) is 6.36. The topological polar surface area (TPSA) is 60.8 Å². The minimum atomic E-state index is -5.08. The van der Waals surface area contributed by atoms with Crippen LogP contribution in [0.3, 0.4) is 0 Å². The Labute approximate surface area is 159 Å². The Morgan fingerprint density at radius 1 is 1.30 bits per heavy atom. The molecule has 1 aromatic heterocycles. The summed E-state index contributed by atoms with van der Waals surface area (Å²) < 4.78 is 31.7. The number of carboxylic acids is 1. The molecule has 1 saturated heterocycles. The summed E-state index contributed by atoms with van der Waals surface area (Å²) in [4.78, 5) is 14.0. The lowest BCUT2D eigenvalue weighted by atomic mass is 10.1. The number of hydrogen-bond acceptors (Lipinski definition) is 4. The van der Waals surface area contributed by atoms with E-state index < -0.39 is 12.1 Å². The molecule has 0 spiro atoms. The highest BCUT2D eigenvalue weighted by Crippen LogP contribution is 2.29. The van der Waals surface area contributed by atoms with Crippen LogP contribution >= 0.6 is 11.3 Å². The van der Waals surface area contributed by atoms with E-state index >= 15 is 0 Å². The lowest BCUT2D eigenvalue weighted by Gasteiger charge is -2.22. The molecular formula is C19H22F3NO3S. The van der Waals surface area contributed by atoms with E-state index in [1.807, 2.05) is 11.3 Å². The zero-order valence-corrected chi connectivity index (χ0v) is 15.7. The van der Waals surface area contributed by atoms with Gasteiger partial charge >= 0.3 is 12.1 Å². The second-order valence-corrected chi connectivity index (χ2v) is 7.65. The molecular weight excluding hydrogens is 379 g/mol. The second kappa shape index (κ2) is 9.34. The summed E-state index contributed by atoms with van der Waals surface area (Å²) in [5.74, 6) is -2.76. The highest BCUT2D eigenvalue weighted by atomic mass is 32.1. The van der Waals surface area contributed by atoms with Crippen LogP contribution in [0.15, 0.2) is 36.4 Å². The van der Waals surface area contributed by atoms with Gasteiger partial charge in [-0.05, 0) is 55.6 Å². The van der Waals surface area contributed by atoms with Crippen LogP contribution in [0.2, 0.25) is 0 Å². The Morgan fingerprint density at radius 3 is 2.56 bits per heavy atom. The molecule has 1 atom stereocenters. The van der Waals surface area contributed by atoms with E-state index in [1.165, 1.54) is 27.3 Å². The number of benzene rings is 1. The Bertz CT molecular complexity index is 761. The first kappa shape index (κ1) is 21.4. The Morgan fingerprint density at radius 2 is 2.00 bits per heavy atom. The number of nitrogens with zero attached hydrogens (tertiary/aromatic N) is 1. The molecule has 8 heteroatoms.